The molecule has 3 aliphatic carbocycles. The summed E-state index contributed by atoms with van der Waals surface area (Å²) < 4.78 is 0. The van der Waals surface area contributed by atoms with Gasteiger partial charge in [-0.1, -0.05) is 13.8 Å². The number of aliphatic hydroxyl groups is 1. The van der Waals surface area contributed by atoms with E-state index in [4.69, 9.17) is 0 Å². The van der Waals surface area contributed by atoms with E-state index in [0.29, 0.717) is 11.3 Å². The Morgan fingerprint density at radius 1 is 1.33 bits per heavy atom. The van der Waals surface area contributed by atoms with Gasteiger partial charge in [0.25, 0.3) is 0 Å². The first-order valence-corrected chi connectivity index (χ1v) is 5.21. The lowest BCUT2D eigenvalue weighted by molar-refractivity contribution is -0.133. The zero-order valence-electron chi connectivity index (χ0n) is 8.38. The molecule has 3 rings (SSSR count). The minimum atomic E-state index is -0.0875. The molecule has 12 heavy (non-hydrogen) atoms. The lowest BCUT2D eigenvalue weighted by Crippen LogP contribution is -2.54. The molecule has 0 spiro atoms. The molecular weight excluding hydrogens is 148 g/mol. The second-order valence-electron chi connectivity index (χ2n) is 5.34. The Kier molecular flexibility index (Phi) is 1.76. The molecule has 0 aromatic rings. The van der Waals surface area contributed by atoms with Gasteiger partial charge in [-0.05, 0) is 49.4 Å². The van der Waals surface area contributed by atoms with Crippen LogP contribution in [0, 0.1) is 23.2 Å². The number of hydrogen-bond acceptors (Lipinski definition) is 1. The lowest BCUT2D eigenvalue weighted by Gasteiger charge is -2.60. The van der Waals surface area contributed by atoms with Crippen LogP contribution in [-0.2, 0) is 0 Å². The smallest absolute Gasteiger partial charge is 0.0543 e. The van der Waals surface area contributed by atoms with Crippen LogP contribution in [-0.4, -0.2) is 11.2 Å². The van der Waals surface area contributed by atoms with E-state index in [-0.39, 0.29) is 6.10 Å². The Bertz CT molecular complexity index is 179. The van der Waals surface area contributed by atoms with Crippen LogP contribution in [0.25, 0.3) is 0 Å². The van der Waals surface area contributed by atoms with E-state index in [2.05, 4.69) is 13.8 Å². The fraction of sp³-hybridized carbons (Fsp3) is 1.00. The Morgan fingerprint density at radius 3 is 2.33 bits per heavy atom. The molecule has 2 bridgehead atoms. The van der Waals surface area contributed by atoms with Crippen molar-refractivity contribution in [3.63, 3.8) is 0 Å². The van der Waals surface area contributed by atoms with Crippen molar-refractivity contribution >= 4 is 0 Å². The summed E-state index contributed by atoms with van der Waals surface area (Å²) >= 11 is 0. The predicted octanol–water partition coefficient (Wildman–Crippen LogP) is 2.44. The Labute approximate surface area is 75.2 Å². The molecule has 0 amide bonds. The third-order valence-electron chi connectivity index (χ3n) is 4.53. The van der Waals surface area contributed by atoms with Gasteiger partial charge in [0.1, 0.15) is 0 Å². The highest BCUT2D eigenvalue weighted by Crippen LogP contribution is 2.61. The minimum absolute atomic E-state index is 0.0875. The fourth-order valence-electron chi connectivity index (χ4n) is 3.44. The van der Waals surface area contributed by atoms with E-state index in [1.807, 2.05) is 6.92 Å². The molecule has 1 nitrogen and oxygen atoms in total. The lowest BCUT2D eigenvalue weighted by atomic mass is 9.45. The van der Waals surface area contributed by atoms with Crippen molar-refractivity contribution in [2.75, 3.05) is 0 Å². The molecule has 0 heterocycles. The molecule has 3 aliphatic rings. The van der Waals surface area contributed by atoms with Crippen molar-refractivity contribution in [1.82, 2.24) is 0 Å². The highest BCUT2D eigenvalue weighted by atomic mass is 16.3. The summed E-state index contributed by atoms with van der Waals surface area (Å²) in [6, 6.07) is 0. The second-order valence-corrected chi connectivity index (χ2v) is 5.34. The molecule has 0 aromatic carbocycles. The SMILES string of the molecule is C[C@H](O)C1CCC2CC1C2(C)C. The summed E-state index contributed by atoms with van der Waals surface area (Å²) in [4.78, 5) is 0. The van der Waals surface area contributed by atoms with Crippen LogP contribution in [0.4, 0.5) is 0 Å². The van der Waals surface area contributed by atoms with Gasteiger partial charge in [-0.25, -0.2) is 0 Å². The average molecular weight is 168 g/mol. The molecule has 1 heteroatoms. The molecule has 3 saturated carbocycles. The van der Waals surface area contributed by atoms with Crippen LogP contribution in [0.5, 0.6) is 0 Å². The van der Waals surface area contributed by atoms with E-state index in [0.717, 1.165) is 11.8 Å². The van der Waals surface area contributed by atoms with Crippen molar-refractivity contribution in [2.24, 2.45) is 23.2 Å². The zero-order valence-corrected chi connectivity index (χ0v) is 8.38. The van der Waals surface area contributed by atoms with Crippen molar-refractivity contribution in [2.45, 2.75) is 46.1 Å². The first-order chi connectivity index (χ1) is 5.53. The van der Waals surface area contributed by atoms with Crippen LogP contribution >= 0.6 is 0 Å². The van der Waals surface area contributed by atoms with E-state index in [1.54, 1.807) is 0 Å². The summed E-state index contributed by atoms with van der Waals surface area (Å²) in [5, 5.41) is 9.60. The van der Waals surface area contributed by atoms with Crippen LogP contribution < -0.4 is 0 Å². The maximum Gasteiger partial charge on any atom is 0.0543 e. The summed E-state index contributed by atoms with van der Waals surface area (Å²) in [5.41, 5.74) is 0.528. The Balaban J connectivity index is 2.11. The molecule has 0 aromatic heterocycles. The van der Waals surface area contributed by atoms with Crippen molar-refractivity contribution < 1.29 is 5.11 Å². The fourth-order valence-corrected chi connectivity index (χ4v) is 3.44. The first kappa shape index (κ1) is 8.55. The van der Waals surface area contributed by atoms with Gasteiger partial charge in [-0.2, -0.15) is 0 Å². The van der Waals surface area contributed by atoms with Gasteiger partial charge in [0.15, 0.2) is 0 Å². The highest BCUT2D eigenvalue weighted by Gasteiger charge is 2.54. The molecule has 0 radical (unpaired) electrons. The third kappa shape index (κ3) is 0.953. The first-order valence-electron chi connectivity index (χ1n) is 5.21. The average Bonchev–Trinajstić information content (AvgIpc) is 2.04. The minimum Gasteiger partial charge on any atom is -0.393 e. The molecule has 3 unspecified atom stereocenters. The number of rotatable bonds is 1. The van der Waals surface area contributed by atoms with Crippen molar-refractivity contribution in [3.8, 4) is 0 Å². The maximum absolute atomic E-state index is 9.60. The third-order valence-corrected chi connectivity index (χ3v) is 4.53. The highest BCUT2D eigenvalue weighted by molar-refractivity contribution is 5.04. The number of fused-ring (bicyclic) bond motifs is 2. The number of aliphatic hydroxyl groups excluding tert-OH is 1. The maximum atomic E-state index is 9.60. The summed E-state index contributed by atoms with van der Waals surface area (Å²) in [6.45, 7) is 6.71. The molecule has 3 fully saturated rings. The Morgan fingerprint density at radius 2 is 2.00 bits per heavy atom. The molecule has 0 saturated heterocycles. The number of hydrogen-bond donors (Lipinski definition) is 1. The van der Waals surface area contributed by atoms with Crippen LogP contribution in [0.1, 0.15) is 40.0 Å². The molecule has 1 N–H and O–H groups in total. The normalized spacial score (nSPS) is 46.5. The van der Waals surface area contributed by atoms with Gasteiger partial charge in [0.05, 0.1) is 6.10 Å². The topological polar surface area (TPSA) is 20.2 Å². The van der Waals surface area contributed by atoms with Gasteiger partial charge in [0.2, 0.25) is 0 Å². The quantitative estimate of drug-likeness (QED) is 0.637. The van der Waals surface area contributed by atoms with Gasteiger partial charge in [-0.3, -0.25) is 0 Å². The standard InChI is InChI=1S/C11H20O/c1-7(12)9-5-4-8-6-10(9)11(8,2)3/h7-10,12H,4-6H2,1-3H3/t7-,8?,9?,10?/m0/s1. The van der Waals surface area contributed by atoms with E-state index >= 15 is 0 Å². The predicted molar refractivity (Wildman–Crippen MR) is 49.8 cm³/mol. The summed E-state index contributed by atoms with van der Waals surface area (Å²) in [6.07, 6.45) is 3.90. The molecule has 0 aliphatic heterocycles. The largest absolute Gasteiger partial charge is 0.393 e. The van der Waals surface area contributed by atoms with Gasteiger partial charge in [-0.15, -0.1) is 0 Å². The van der Waals surface area contributed by atoms with Crippen molar-refractivity contribution in [3.05, 3.63) is 0 Å². The van der Waals surface area contributed by atoms with Crippen LogP contribution in [0.15, 0.2) is 0 Å². The van der Waals surface area contributed by atoms with E-state index < -0.39 is 0 Å². The van der Waals surface area contributed by atoms with E-state index in [9.17, 15) is 5.11 Å². The van der Waals surface area contributed by atoms with Gasteiger partial charge < -0.3 is 5.11 Å². The van der Waals surface area contributed by atoms with Crippen LogP contribution in [0.3, 0.4) is 0 Å². The summed E-state index contributed by atoms with van der Waals surface area (Å²) in [5.74, 6) is 2.35. The van der Waals surface area contributed by atoms with Crippen molar-refractivity contribution in [1.29, 1.82) is 0 Å². The second kappa shape index (κ2) is 2.47. The van der Waals surface area contributed by atoms with Gasteiger partial charge >= 0.3 is 0 Å². The Hall–Kier alpha value is -0.0400. The van der Waals surface area contributed by atoms with Gasteiger partial charge in [0, 0.05) is 0 Å². The van der Waals surface area contributed by atoms with E-state index in [1.165, 1.54) is 19.3 Å². The summed E-state index contributed by atoms with van der Waals surface area (Å²) in [7, 11) is 0. The molecule has 4 atom stereocenters. The van der Waals surface area contributed by atoms with Crippen LogP contribution in [0.2, 0.25) is 0 Å². The molecule has 70 valence electrons. The monoisotopic (exact) mass is 168 g/mol. The molecular formula is C11H20O. The zero-order chi connectivity index (χ0) is 8.93.